The maximum atomic E-state index is 12.6. The number of amides is 2. The maximum Gasteiger partial charge on any atom is 0.258 e. The van der Waals surface area contributed by atoms with Gasteiger partial charge >= 0.3 is 0 Å². The van der Waals surface area contributed by atoms with E-state index in [9.17, 15) is 9.59 Å². The van der Waals surface area contributed by atoms with Gasteiger partial charge in [0.05, 0.1) is 33.2 Å². The summed E-state index contributed by atoms with van der Waals surface area (Å²) in [4.78, 5) is 24.0. The van der Waals surface area contributed by atoms with Gasteiger partial charge < -0.3 is 16.0 Å². The Morgan fingerprint density at radius 3 is 2.39 bits per heavy atom. The van der Waals surface area contributed by atoms with Gasteiger partial charge in [0, 0.05) is 12.2 Å². The SMILES string of the molecule is C=CC(=O)Nc1ccc(CNC(=C)c2[nH]ncc2NC(=O)c2c(Cl)cccc2Cl)cc1. The summed E-state index contributed by atoms with van der Waals surface area (Å²) in [6.07, 6.45) is 2.68. The molecule has 0 aliphatic rings. The van der Waals surface area contributed by atoms with Gasteiger partial charge in [-0.1, -0.05) is 54.6 Å². The molecule has 0 saturated heterocycles. The van der Waals surface area contributed by atoms with Gasteiger partial charge in [-0.25, -0.2) is 0 Å². The first-order valence-electron chi connectivity index (χ1n) is 9.13. The van der Waals surface area contributed by atoms with E-state index in [-0.39, 0.29) is 21.5 Å². The molecule has 0 fully saturated rings. The van der Waals surface area contributed by atoms with Crippen LogP contribution >= 0.6 is 23.2 Å². The Morgan fingerprint density at radius 1 is 1.06 bits per heavy atom. The van der Waals surface area contributed by atoms with Gasteiger partial charge in [-0.3, -0.25) is 14.7 Å². The fourth-order valence-electron chi connectivity index (χ4n) is 2.71. The Kier molecular flexibility index (Phi) is 7.12. The lowest BCUT2D eigenvalue weighted by atomic mass is 10.2. The summed E-state index contributed by atoms with van der Waals surface area (Å²) in [6, 6.07) is 12.2. The lowest BCUT2D eigenvalue weighted by Gasteiger charge is -2.12. The van der Waals surface area contributed by atoms with Crippen LogP contribution in [0.4, 0.5) is 11.4 Å². The van der Waals surface area contributed by atoms with Crippen LogP contribution in [0.1, 0.15) is 21.6 Å². The van der Waals surface area contributed by atoms with Crippen LogP contribution in [0.15, 0.2) is 67.9 Å². The van der Waals surface area contributed by atoms with Gasteiger partial charge in [-0.15, -0.1) is 0 Å². The Hall–Kier alpha value is -3.55. The molecule has 0 aliphatic heterocycles. The number of carbonyl (C=O) groups is 2. The van der Waals surface area contributed by atoms with Crippen molar-refractivity contribution in [1.29, 1.82) is 0 Å². The highest BCUT2D eigenvalue weighted by Crippen LogP contribution is 2.26. The van der Waals surface area contributed by atoms with Gasteiger partial charge in [0.15, 0.2) is 0 Å². The van der Waals surface area contributed by atoms with Crippen LogP contribution in [0.2, 0.25) is 10.0 Å². The van der Waals surface area contributed by atoms with E-state index in [1.54, 1.807) is 30.3 Å². The van der Waals surface area contributed by atoms with E-state index < -0.39 is 5.91 Å². The normalized spacial score (nSPS) is 10.3. The number of rotatable bonds is 8. The Morgan fingerprint density at radius 2 is 1.74 bits per heavy atom. The van der Waals surface area contributed by atoms with Crippen molar-refractivity contribution in [2.24, 2.45) is 0 Å². The molecule has 0 bridgehead atoms. The Balaban J connectivity index is 1.64. The molecule has 0 aliphatic carbocycles. The second-order valence-corrected chi connectivity index (χ2v) is 7.25. The minimum Gasteiger partial charge on any atom is -0.380 e. The standard InChI is InChI=1S/C22H19Cl2N5O2/c1-3-19(30)27-15-9-7-14(8-10-15)11-25-13(2)21-18(12-26-29-21)28-22(31)20-16(23)5-4-6-17(20)24/h3-10,12,25H,1-2,11H2,(H,26,29)(H,27,30)(H,28,31). The molecule has 1 aromatic heterocycles. The Bertz CT molecular complexity index is 1120. The molecule has 2 aromatic carbocycles. The number of anilines is 2. The van der Waals surface area contributed by atoms with Crippen LogP contribution in [-0.2, 0) is 11.3 Å². The summed E-state index contributed by atoms with van der Waals surface area (Å²) in [5, 5.41) is 15.9. The number of H-pyrrole nitrogens is 1. The molecule has 0 radical (unpaired) electrons. The van der Waals surface area contributed by atoms with E-state index in [1.807, 2.05) is 12.1 Å². The number of hydrogen-bond donors (Lipinski definition) is 4. The first kappa shape index (κ1) is 22.1. The van der Waals surface area contributed by atoms with E-state index in [0.29, 0.717) is 29.3 Å². The zero-order valence-corrected chi connectivity index (χ0v) is 17.8. The Labute approximate surface area is 189 Å². The zero-order chi connectivity index (χ0) is 22.4. The maximum absolute atomic E-state index is 12.6. The van der Waals surface area contributed by atoms with Crippen molar-refractivity contribution < 1.29 is 9.59 Å². The summed E-state index contributed by atoms with van der Waals surface area (Å²) >= 11 is 12.2. The molecule has 3 rings (SSSR count). The zero-order valence-electron chi connectivity index (χ0n) is 16.3. The van der Waals surface area contributed by atoms with Crippen LogP contribution in [0.3, 0.4) is 0 Å². The molecule has 2 amide bonds. The number of nitrogens with zero attached hydrogens (tertiary/aromatic N) is 1. The number of hydrogen-bond acceptors (Lipinski definition) is 4. The smallest absolute Gasteiger partial charge is 0.258 e. The van der Waals surface area contributed by atoms with Crippen LogP contribution in [0.25, 0.3) is 5.70 Å². The molecule has 3 aromatic rings. The molecule has 0 unspecified atom stereocenters. The fourth-order valence-corrected chi connectivity index (χ4v) is 3.28. The highest BCUT2D eigenvalue weighted by molar-refractivity contribution is 6.40. The molecule has 158 valence electrons. The molecule has 31 heavy (non-hydrogen) atoms. The van der Waals surface area contributed by atoms with E-state index in [4.69, 9.17) is 23.2 Å². The highest BCUT2D eigenvalue weighted by Gasteiger charge is 2.17. The summed E-state index contributed by atoms with van der Waals surface area (Å²) in [7, 11) is 0. The molecule has 0 atom stereocenters. The van der Waals surface area contributed by atoms with Crippen LogP contribution in [0, 0.1) is 0 Å². The van der Waals surface area contributed by atoms with Crippen molar-refractivity contribution >= 4 is 52.1 Å². The molecule has 0 spiro atoms. The van der Waals surface area contributed by atoms with Gasteiger partial charge in [0.25, 0.3) is 5.91 Å². The van der Waals surface area contributed by atoms with Crippen molar-refractivity contribution in [2.75, 3.05) is 10.6 Å². The minimum absolute atomic E-state index is 0.181. The summed E-state index contributed by atoms with van der Waals surface area (Å²) in [5.41, 5.74) is 3.30. The molecule has 7 nitrogen and oxygen atoms in total. The first-order chi connectivity index (χ1) is 14.9. The lowest BCUT2D eigenvalue weighted by molar-refractivity contribution is -0.111. The molecule has 9 heteroatoms. The second-order valence-electron chi connectivity index (χ2n) is 6.43. The monoisotopic (exact) mass is 455 g/mol. The third-order valence-corrected chi connectivity index (χ3v) is 4.92. The highest BCUT2D eigenvalue weighted by atomic mass is 35.5. The molecular weight excluding hydrogens is 437 g/mol. The van der Waals surface area contributed by atoms with E-state index in [2.05, 4.69) is 39.3 Å². The van der Waals surface area contributed by atoms with Crippen LogP contribution in [0.5, 0.6) is 0 Å². The van der Waals surface area contributed by atoms with E-state index in [0.717, 1.165) is 5.56 Å². The third-order valence-electron chi connectivity index (χ3n) is 4.29. The average Bonchev–Trinajstić information content (AvgIpc) is 3.21. The van der Waals surface area contributed by atoms with Gasteiger partial charge in [0.1, 0.15) is 5.69 Å². The molecule has 4 N–H and O–H groups in total. The molecular formula is C22H19Cl2N5O2. The van der Waals surface area contributed by atoms with E-state index in [1.165, 1.54) is 12.3 Å². The number of nitrogens with one attached hydrogen (secondary N) is 4. The summed E-state index contributed by atoms with van der Waals surface area (Å²) in [5.74, 6) is -0.727. The quantitative estimate of drug-likeness (QED) is 0.364. The van der Waals surface area contributed by atoms with Crippen molar-refractivity contribution in [1.82, 2.24) is 15.5 Å². The minimum atomic E-state index is -0.455. The largest absolute Gasteiger partial charge is 0.380 e. The van der Waals surface area contributed by atoms with Gasteiger partial charge in [-0.05, 0) is 35.9 Å². The van der Waals surface area contributed by atoms with Crippen molar-refractivity contribution in [3.8, 4) is 0 Å². The predicted octanol–water partition coefficient (Wildman–Crippen LogP) is 4.85. The third kappa shape index (κ3) is 5.53. The van der Waals surface area contributed by atoms with Crippen molar-refractivity contribution in [3.05, 3.63) is 94.8 Å². The molecule has 0 saturated carbocycles. The number of aromatic amines is 1. The summed E-state index contributed by atoms with van der Waals surface area (Å²) in [6.45, 7) is 7.89. The predicted molar refractivity (Wildman–Crippen MR) is 124 cm³/mol. The average molecular weight is 456 g/mol. The topological polar surface area (TPSA) is 98.9 Å². The molecule has 1 heterocycles. The first-order valence-corrected chi connectivity index (χ1v) is 9.89. The van der Waals surface area contributed by atoms with Gasteiger partial charge in [0.2, 0.25) is 5.91 Å². The number of halogens is 2. The number of aromatic nitrogens is 2. The van der Waals surface area contributed by atoms with Crippen LogP contribution in [-0.4, -0.2) is 22.0 Å². The van der Waals surface area contributed by atoms with E-state index >= 15 is 0 Å². The summed E-state index contributed by atoms with van der Waals surface area (Å²) < 4.78 is 0. The number of carbonyl (C=O) groups excluding carboxylic acids is 2. The lowest BCUT2D eigenvalue weighted by Crippen LogP contribution is -2.16. The fraction of sp³-hybridized carbons (Fsp3) is 0.0455. The van der Waals surface area contributed by atoms with Gasteiger partial charge in [-0.2, -0.15) is 5.10 Å². The number of benzene rings is 2. The van der Waals surface area contributed by atoms with Crippen LogP contribution < -0.4 is 16.0 Å². The van der Waals surface area contributed by atoms with Crippen molar-refractivity contribution in [2.45, 2.75) is 6.54 Å². The second kappa shape index (κ2) is 9.97. The van der Waals surface area contributed by atoms with Crippen molar-refractivity contribution in [3.63, 3.8) is 0 Å².